The third kappa shape index (κ3) is 4.51. The van der Waals surface area contributed by atoms with Crippen LogP contribution in [-0.2, 0) is 4.79 Å². The van der Waals surface area contributed by atoms with Gasteiger partial charge in [0, 0.05) is 15.6 Å². The highest BCUT2D eigenvalue weighted by Gasteiger charge is 2.15. The van der Waals surface area contributed by atoms with Crippen molar-refractivity contribution in [2.75, 3.05) is 5.32 Å². The number of halogens is 1. The van der Waals surface area contributed by atoms with Crippen LogP contribution in [0.3, 0.4) is 0 Å². The Kier molecular flexibility index (Phi) is 5.32. The maximum Gasteiger partial charge on any atom is 0.237 e. The molecule has 1 N–H and O–H groups in total. The fraction of sp³-hybridized carbons (Fsp3) is 0.235. The van der Waals surface area contributed by atoms with Gasteiger partial charge in [0.2, 0.25) is 5.91 Å². The summed E-state index contributed by atoms with van der Waals surface area (Å²) in [5.41, 5.74) is 2.98. The Hall–Kier alpha value is -1.45. The van der Waals surface area contributed by atoms with Crippen molar-refractivity contribution in [1.82, 2.24) is 0 Å². The van der Waals surface area contributed by atoms with Crippen molar-refractivity contribution in [1.29, 1.82) is 0 Å². The van der Waals surface area contributed by atoms with Crippen LogP contribution in [0.25, 0.3) is 0 Å². The molecular weight excluding hydrogens is 302 g/mol. The van der Waals surface area contributed by atoms with Gasteiger partial charge in [0.15, 0.2) is 0 Å². The van der Waals surface area contributed by atoms with Crippen molar-refractivity contribution < 1.29 is 4.79 Å². The molecule has 4 heteroatoms. The van der Waals surface area contributed by atoms with Crippen LogP contribution < -0.4 is 5.32 Å². The highest BCUT2D eigenvalue weighted by molar-refractivity contribution is 8.00. The molecule has 0 radical (unpaired) electrons. The number of carbonyl (C=O) groups is 1. The molecule has 0 aliphatic rings. The number of carbonyl (C=O) groups excluding carboxylic acids is 1. The number of hydrogen-bond donors (Lipinski definition) is 1. The van der Waals surface area contributed by atoms with Crippen molar-refractivity contribution in [3.63, 3.8) is 0 Å². The van der Waals surface area contributed by atoms with Gasteiger partial charge in [-0.3, -0.25) is 4.79 Å². The zero-order chi connectivity index (χ0) is 15.4. The van der Waals surface area contributed by atoms with Crippen LogP contribution in [0.5, 0.6) is 0 Å². The Morgan fingerprint density at radius 2 is 1.81 bits per heavy atom. The molecule has 0 saturated heterocycles. The minimum atomic E-state index is -0.164. The Morgan fingerprint density at radius 3 is 2.43 bits per heavy atom. The van der Waals surface area contributed by atoms with Gasteiger partial charge in [-0.1, -0.05) is 29.3 Å². The largest absolute Gasteiger partial charge is 0.325 e. The van der Waals surface area contributed by atoms with Crippen LogP contribution in [0.1, 0.15) is 18.1 Å². The summed E-state index contributed by atoms with van der Waals surface area (Å²) < 4.78 is 0. The molecule has 0 aliphatic heterocycles. The molecule has 1 atom stereocenters. The van der Waals surface area contributed by atoms with Gasteiger partial charge in [-0.2, -0.15) is 0 Å². The molecule has 0 saturated carbocycles. The first-order chi connectivity index (χ1) is 9.95. The Bertz CT molecular complexity index is 640. The first kappa shape index (κ1) is 15.9. The van der Waals surface area contributed by atoms with Crippen LogP contribution in [0, 0.1) is 13.8 Å². The molecule has 0 bridgehead atoms. The first-order valence-corrected chi connectivity index (χ1v) is 8.02. The number of benzene rings is 2. The Labute approximate surface area is 134 Å². The van der Waals surface area contributed by atoms with E-state index in [4.69, 9.17) is 11.6 Å². The van der Waals surface area contributed by atoms with E-state index < -0.39 is 0 Å². The Morgan fingerprint density at radius 1 is 1.14 bits per heavy atom. The molecule has 0 fully saturated rings. The average molecular weight is 320 g/mol. The smallest absolute Gasteiger partial charge is 0.237 e. The molecule has 21 heavy (non-hydrogen) atoms. The summed E-state index contributed by atoms with van der Waals surface area (Å²) in [5, 5.41) is 3.46. The summed E-state index contributed by atoms with van der Waals surface area (Å²) in [6.45, 7) is 5.89. The van der Waals surface area contributed by atoms with Crippen molar-refractivity contribution in [2.24, 2.45) is 0 Å². The lowest BCUT2D eigenvalue weighted by Gasteiger charge is -2.14. The zero-order valence-electron chi connectivity index (χ0n) is 12.3. The SMILES string of the molecule is Cc1ccc(S[C@H](C)C(=O)Nc2ccc(Cl)cc2C)cc1. The number of hydrogen-bond acceptors (Lipinski definition) is 2. The molecule has 2 nitrogen and oxygen atoms in total. The summed E-state index contributed by atoms with van der Waals surface area (Å²) >= 11 is 7.47. The highest BCUT2D eigenvalue weighted by Crippen LogP contribution is 2.25. The van der Waals surface area contributed by atoms with Gasteiger partial charge < -0.3 is 5.32 Å². The third-order valence-electron chi connectivity index (χ3n) is 3.15. The summed E-state index contributed by atoms with van der Waals surface area (Å²) in [4.78, 5) is 13.3. The van der Waals surface area contributed by atoms with E-state index in [2.05, 4.69) is 17.4 Å². The van der Waals surface area contributed by atoms with E-state index >= 15 is 0 Å². The molecule has 0 unspecified atom stereocenters. The lowest BCUT2D eigenvalue weighted by Crippen LogP contribution is -2.22. The fourth-order valence-electron chi connectivity index (χ4n) is 1.88. The van der Waals surface area contributed by atoms with E-state index in [0.717, 1.165) is 16.1 Å². The number of aryl methyl sites for hydroxylation is 2. The third-order valence-corrected chi connectivity index (χ3v) is 4.50. The average Bonchev–Trinajstić information content (AvgIpc) is 2.44. The van der Waals surface area contributed by atoms with Gasteiger partial charge in [0.25, 0.3) is 0 Å². The summed E-state index contributed by atoms with van der Waals surface area (Å²) in [7, 11) is 0. The van der Waals surface area contributed by atoms with Gasteiger partial charge in [-0.15, -0.1) is 11.8 Å². The van der Waals surface area contributed by atoms with E-state index in [0.29, 0.717) is 5.02 Å². The van der Waals surface area contributed by atoms with E-state index in [9.17, 15) is 4.79 Å². The van der Waals surface area contributed by atoms with Crippen molar-refractivity contribution in [3.05, 3.63) is 58.6 Å². The summed E-state index contributed by atoms with van der Waals surface area (Å²) in [6.07, 6.45) is 0. The highest BCUT2D eigenvalue weighted by atomic mass is 35.5. The number of anilines is 1. The molecular formula is C17H18ClNOS. The minimum absolute atomic E-state index is 0.00834. The van der Waals surface area contributed by atoms with E-state index in [1.165, 1.54) is 5.56 Å². The fourth-order valence-corrected chi connectivity index (χ4v) is 2.97. The summed E-state index contributed by atoms with van der Waals surface area (Å²) in [5.74, 6) is -0.00834. The maximum atomic E-state index is 12.3. The number of thioether (sulfide) groups is 1. The van der Waals surface area contributed by atoms with Crippen LogP contribution in [0.15, 0.2) is 47.4 Å². The van der Waals surface area contributed by atoms with Crippen molar-refractivity contribution in [3.8, 4) is 0 Å². The van der Waals surface area contributed by atoms with Gasteiger partial charge in [-0.05, 0) is 56.7 Å². The Balaban J connectivity index is 2.00. The standard InChI is InChI=1S/C17H18ClNOS/c1-11-4-7-15(8-5-11)21-13(3)17(20)19-16-9-6-14(18)10-12(16)2/h4-10,13H,1-3H3,(H,19,20)/t13-/m1/s1. The van der Waals surface area contributed by atoms with Crippen LogP contribution in [0.2, 0.25) is 5.02 Å². The monoisotopic (exact) mass is 319 g/mol. The molecule has 2 aromatic carbocycles. The number of amides is 1. The van der Waals surface area contributed by atoms with Crippen LogP contribution in [-0.4, -0.2) is 11.2 Å². The van der Waals surface area contributed by atoms with Crippen molar-refractivity contribution in [2.45, 2.75) is 30.9 Å². The molecule has 2 aromatic rings. The molecule has 110 valence electrons. The maximum absolute atomic E-state index is 12.3. The quantitative estimate of drug-likeness (QED) is 0.796. The number of rotatable bonds is 4. The number of nitrogens with one attached hydrogen (secondary N) is 1. The minimum Gasteiger partial charge on any atom is -0.325 e. The zero-order valence-corrected chi connectivity index (χ0v) is 13.9. The predicted octanol–water partition coefficient (Wildman–Crippen LogP) is 5.08. The lowest BCUT2D eigenvalue weighted by atomic mass is 10.2. The molecule has 0 heterocycles. The van der Waals surface area contributed by atoms with Gasteiger partial charge >= 0.3 is 0 Å². The lowest BCUT2D eigenvalue weighted by molar-refractivity contribution is -0.115. The summed E-state index contributed by atoms with van der Waals surface area (Å²) in [6, 6.07) is 13.6. The molecule has 1 amide bonds. The second-order valence-electron chi connectivity index (χ2n) is 5.02. The van der Waals surface area contributed by atoms with E-state index in [-0.39, 0.29) is 11.2 Å². The molecule has 2 rings (SSSR count). The topological polar surface area (TPSA) is 29.1 Å². The van der Waals surface area contributed by atoms with Gasteiger partial charge in [0.05, 0.1) is 5.25 Å². The van der Waals surface area contributed by atoms with Gasteiger partial charge in [-0.25, -0.2) is 0 Å². The second-order valence-corrected chi connectivity index (χ2v) is 6.87. The van der Waals surface area contributed by atoms with E-state index in [1.807, 2.05) is 45.0 Å². The molecule has 0 spiro atoms. The normalized spacial score (nSPS) is 12.0. The van der Waals surface area contributed by atoms with Crippen LogP contribution >= 0.6 is 23.4 Å². The molecule has 0 aliphatic carbocycles. The van der Waals surface area contributed by atoms with Crippen LogP contribution in [0.4, 0.5) is 5.69 Å². The van der Waals surface area contributed by atoms with Gasteiger partial charge in [0.1, 0.15) is 0 Å². The van der Waals surface area contributed by atoms with E-state index in [1.54, 1.807) is 17.8 Å². The first-order valence-electron chi connectivity index (χ1n) is 6.76. The predicted molar refractivity (Wildman–Crippen MR) is 91.3 cm³/mol. The van der Waals surface area contributed by atoms with Crippen molar-refractivity contribution >= 4 is 35.0 Å². The molecule has 0 aromatic heterocycles. The second kappa shape index (κ2) is 7.01.